The van der Waals surface area contributed by atoms with Gasteiger partial charge >= 0.3 is 0 Å². The van der Waals surface area contributed by atoms with Gasteiger partial charge in [0.25, 0.3) is 0 Å². The van der Waals surface area contributed by atoms with E-state index in [0.717, 1.165) is 29.6 Å². The average molecular weight is 286 g/mol. The lowest BCUT2D eigenvalue weighted by molar-refractivity contribution is 0.414. The number of hydrogen-bond donors (Lipinski definition) is 1. The first-order valence-corrected chi connectivity index (χ1v) is 6.48. The number of ether oxygens (including phenoxy) is 1. The molecule has 0 atom stereocenters. The Hall–Kier alpha value is -0.540. The van der Waals surface area contributed by atoms with Gasteiger partial charge in [-0.3, -0.25) is 0 Å². The van der Waals surface area contributed by atoms with Crippen LogP contribution in [0.3, 0.4) is 0 Å². The third-order valence-corrected chi connectivity index (χ3v) is 3.20. The van der Waals surface area contributed by atoms with Crippen LogP contribution in [-0.4, -0.2) is 19.7 Å². The maximum absolute atomic E-state index is 5.22. The maximum atomic E-state index is 5.22. The Morgan fingerprint density at radius 3 is 2.75 bits per heavy atom. The van der Waals surface area contributed by atoms with Gasteiger partial charge in [-0.05, 0) is 43.1 Å². The first-order chi connectivity index (χ1) is 7.63. The molecule has 16 heavy (non-hydrogen) atoms. The Morgan fingerprint density at radius 2 is 2.12 bits per heavy atom. The van der Waals surface area contributed by atoms with Gasteiger partial charge in [-0.25, -0.2) is 0 Å². The van der Waals surface area contributed by atoms with Crippen LogP contribution in [0.1, 0.15) is 25.8 Å². The topological polar surface area (TPSA) is 21.3 Å². The van der Waals surface area contributed by atoms with E-state index in [9.17, 15) is 0 Å². The molecule has 0 spiro atoms. The molecule has 0 unspecified atom stereocenters. The summed E-state index contributed by atoms with van der Waals surface area (Å²) in [6.45, 7) is 5.39. The van der Waals surface area contributed by atoms with Crippen LogP contribution < -0.4 is 10.1 Å². The second-order valence-electron chi connectivity index (χ2n) is 4.17. The van der Waals surface area contributed by atoms with Crippen molar-refractivity contribution in [1.29, 1.82) is 0 Å². The van der Waals surface area contributed by atoms with Crippen molar-refractivity contribution in [2.24, 2.45) is 0 Å². The SMILES string of the molecule is COc1ccc(Br)c(CCCNC(C)C)c1. The summed E-state index contributed by atoms with van der Waals surface area (Å²) >= 11 is 3.56. The van der Waals surface area contributed by atoms with E-state index in [1.54, 1.807) is 7.11 Å². The van der Waals surface area contributed by atoms with Crippen LogP contribution in [0.2, 0.25) is 0 Å². The lowest BCUT2D eigenvalue weighted by Crippen LogP contribution is -2.23. The van der Waals surface area contributed by atoms with E-state index in [4.69, 9.17) is 4.74 Å². The quantitative estimate of drug-likeness (QED) is 0.809. The molecule has 0 radical (unpaired) electrons. The summed E-state index contributed by atoms with van der Waals surface area (Å²) in [5, 5.41) is 3.42. The van der Waals surface area contributed by atoms with E-state index in [1.807, 2.05) is 12.1 Å². The van der Waals surface area contributed by atoms with Crippen LogP contribution in [0.5, 0.6) is 5.75 Å². The van der Waals surface area contributed by atoms with E-state index in [-0.39, 0.29) is 0 Å². The minimum absolute atomic E-state index is 0.564. The minimum Gasteiger partial charge on any atom is -0.497 e. The van der Waals surface area contributed by atoms with Crippen molar-refractivity contribution >= 4 is 15.9 Å². The third kappa shape index (κ3) is 4.54. The van der Waals surface area contributed by atoms with Crippen LogP contribution >= 0.6 is 15.9 Å². The highest BCUT2D eigenvalue weighted by atomic mass is 79.9. The lowest BCUT2D eigenvalue weighted by atomic mass is 10.1. The molecule has 0 saturated heterocycles. The number of halogens is 1. The number of rotatable bonds is 6. The van der Waals surface area contributed by atoms with Crippen molar-refractivity contribution in [1.82, 2.24) is 5.32 Å². The van der Waals surface area contributed by atoms with Crippen molar-refractivity contribution in [3.8, 4) is 5.75 Å². The van der Waals surface area contributed by atoms with Crippen LogP contribution in [-0.2, 0) is 6.42 Å². The van der Waals surface area contributed by atoms with Gasteiger partial charge in [-0.15, -0.1) is 0 Å². The normalized spacial score (nSPS) is 10.8. The van der Waals surface area contributed by atoms with Gasteiger partial charge in [0, 0.05) is 10.5 Å². The summed E-state index contributed by atoms with van der Waals surface area (Å²) in [7, 11) is 1.70. The molecule has 2 nitrogen and oxygen atoms in total. The third-order valence-electron chi connectivity index (χ3n) is 2.43. The zero-order valence-electron chi connectivity index (χ0n) is 10.2. The Balaban J connectivity index is 2.46. The molecule has 0 fully saturated rings. The van der Waals surface area contributed by atoms with E-state index in [2.05, 4.69) is 41.2 Å². The Morgan fingerprint density at radius 1 is 1.38 bits per heavy atom. The highest BCUT2D eigenvalue weighted by Crippen LogP contribution is 2.23. The molecule has 0 aromatic heterocycles. The number of aryl methyl sites for hydroxylation is 1. The molecular formula is C13H20BrNO. The summed E-state index contributed by atoms with van der Waals surface area (Å²) < 4.78 is 6.38. The summed E-state index contributed by atoms with van der Waals surface area (Å²) in [5.41, 5.74) is 1.31. The Labute approximate surface area is 107 Å². The van der Waals surface area contributed by atoms with Crippen molar-refractivity contribution in [3.05, 3.63) is 28.2 Å². The van der Waals surface area contributed by atoms with Crippen LogP contribution in [0.25, 0.3) is 0 Å². The predicted octanol–water partition coefficient (Wildman–Crippen LogP) is 3.39. The number of hydrogen-bond acceptors (Lipinski definition) is 2. The van der Waals surface area contributed by atoms with Gasteiger partial charge in [-0.1, -0.05) is 29.8 Å². The fraction of sp³-hybridized carbons (Fsp3) is 0.538. The zero-order valence-corrected chi connectivity index (χ0v) is 11.8. The lowest BCUT2D eigenvalue weighted by Gasteiger charge is -2.09. The summed E-state index contributed by atoms with van der Waals surface area (Å²) in [5.74, 6) is 0.926. The van der Waals surface area contributed by atoms with Crippen molar-refractivity contribution in [2.75, 3.05) is 13.7 Å². The van der Waals surface area contributed by atoms with Gasteiger partial charge in [-0.2, -0.15) is 0 Å². The molecule has 0 aliphatic heterocycles. The first-order valence-electron chi connectivity index (χ1n) is 5.69. The molecule has 0 heterocycles. The molecule has 0 saturated carbocycles. The molecule has 0 aliphatic carbocycles. The molecular weight excluding hydrogens is 266 g/mol. The monoisotopic (exact) mass is 285 g/mol. The molecule has 3 heteroatoms. The minimum atomic E-state index is 0.564. The molecule has 1 N–H and O–H groups in total. The molecule has 0 aliphatic rings. The Kier molecular flexibility index (Phi) is 5.85. The van der Waals surface area contributed by atoms with E-state index >= 15 is 0 Å². The van der Waals surface area contributed by atoms with Crippen molar-refractivity contribution < 1.29 is 4.74 Å². The van der Waals surface area contributed by atoms with Crippen molar-refractivity contribution in [2.45, 2.75) is 32.7 Å². The smallest absolute Gasteiger partial charge is 0.119 e. The van der Waals surface area contributed by atoms with Gasteiger partial charge in [0.05, 0.1) is 7.11 Å². The maximum Gasteiger partial charge on any atom is 0.119 e. The molecule has 0 bridgehead atoms. The zero-order chi connectivity index (χ0) is 12.0. The fourth-order valence-electron chi connectivity index (χ4n) is 1.54. The second-order valence-corrected chi connectivity index (χ2v) is 5.02. The standard InChI is InChI=1S/C13H20BrNO/c1-10(2)15-8-4-5-11-9-12(16-3)6-7-13(11)14/h6-7,9-10,15H,4-5,8H2,1-3H3. The number of nitrogens with one attached hydrogen (secondary N) is 1. The Bertz CT molecular complexity index is 326. The largest absolute Gasteiger partial charge is 0.497 e. The molecule has 1 aromatic carbocycles. The molecule has 1 rings (SSSR count). The van der Waals surface area contributed by atoms with Gasteiger partial charge < -0.3 is 10.1 Å². The molecule has 90 valence electrons. The first kappa shape index (κ1) is 13.5. The van der Waals surface area contributed by atoms with Gasteiger partial charge in [0.15, 0.2) is 0 Å². The van der Waals surface area contributed by atoms with Crippen LogP contribution in [0.4, 0.5) is 0 Å². The molecule has 0 amide bonds. The van der Waals surface area contributed by atoms with E-state index in [0.29, 0.717) is 6.04 Å². The average Bonchev–Trinajstić information content (AvgIpc) is 2.26. The van der Waals surface area contributed by atoms with E-state index < -0.39 is 0 Å². The van der Waals surface area contributed by atoms with E-state index in [1.165, 1.54) is 5.56 Å². The predicted molar refractivity (Wildman–Crippen MR) is 72.2 cm³/mol. The van der Waals surface area contributed by atoms with Gasteiger partial charge in [0.1, 0.15) is 5.75 Å². The number of methoxy groups -OCH3 is 1. The highest BCUT2D eigenvalue weighted by Gasteiger charge is 2.02. The number of benzene rings is 1. The van der Waals surface area contributed by atoms with Crippen LogP contribution in [0, 0.1) is 0 Å². The molecule has 1 aromatic rings. The summed E-state index contributed by atoms with van der Waals surface area (Å²) in [4.78, 5) is 0. The summed E-state index contributed by atoms with van der Waals surface area (Å²) in [6.07, 6.45) is 2.21. The van der Waals surface area contributed by atoms with Crippen LogP contribution in [0.15, 0.2) is 22.7 Å². The van der Waals surface area contributed by atoms with Crippen molar-refractivity contribution in [3.63, 3.8) is 0 Å². The second kappa shape index (κ2) is 6.92. The summed E-state index contributed by atoms with van der Waals surface area (Å²) in [6, 6.07) is 6.68. The fourth-order valence-corrected chi connectivity index (χ4v) is 1.98. The highest BCUT2D eigenvalue weighted by molar-refractivity contribution is 9.10. The van der Waals surface area contributed by atoms with Gasteiger partial charge in [0.2, 0.25) is 0 Å².